The molecule has 0 saturated carbocycles. The Morgan fingerprint density at radius 2 is 2.14 bits per heavy atom. The summed E-state index contributed by atoms with van der Waals surface area (Å²) < 4.78 is 0. The molecule has 14 heavy (non-hydrogen) atoms. The van der Waals surface area contributed by atoms with Crippen LogP contribution in [0.1, 0.15) is 5.56 Å². The molecular weight excluding hydrogens is 200 g/mol. The number of halogens is 1. The van der Waals surface area contributed by atoms with Crippen LogP contribution < -0.4 is 0 Å². The molecule has 0 amide bonds. The maximum absolute atomic E-state index is 7.57. The zero-order valence-electron chi connectivity index (χ0n) is 8.03. The van der Waals surface area contributed by atoms with Gasteiger partial charge in [0.15, 0.2) is 5.84 Å². The first-order valence-electron chi connectivity index (χ1n) is 4.03. The molecule has 0 spiro atoms. The molecule has 1 aromatic carbocycles. The summed E-state index contributed by atoms with van der Waals surface area (Å²) in [6, 6.07) is 6.97. The van der Waals surface area contributed by atoms with Crippen molar-refractivity contribution in [2.75, 3.05) is 14.1 Å². The Morgan fingerprint density at radius 3 is 2.71 bits per heavy atom. The van der Waals surface area contributed by atoms with Crippen molar-refractivity contribution in [1.82, 2.24) is 5.01 Å². The van der Waals surface area contributed by atoms with Gasteiger partial charge in [0, 0.05) is 24.7 Å². The van der Waals surface area contributed by atoms with Crippen molar-refractivity contribution in [3.05, 3.63) is 34.9 Å². The van der Waals surface area contributed by atoms with Crippen LogP contribution in [0.25, 0.3) is 0 Å². The number of benzene rings is 1. The molecule has 0 fully saturated rings. The third-order valence-corrected chi connectivity index (χ3v) is 1.66. The third-order valence-electron chi connectivity index (χ3n) is 1.42. The lowest BCUT2D eigenvalue weighted by Crippen LogP contribution is -2.02. The number of nitrogens with zero attached hydrogens (tertiary/aromatic N) is 3. The van der Waals surface area contributed by atoms with Gasteiger partial charge in [-0.15, -0.1) is 5.11 Å². The monoisotopic (exact) mass is 210 g/mol. The van der Waals surface area contributed by atoms with Crippen LogP contribution in [0.5, 0.6) is 0 Å². The molecule has 74 valence electrons. The maximum atomic E-state index is 7.57. The van der Waals surface area contributed by atoms with Crippen LogP contribution in [0.3, 0.4) is 0 Å². The average molecular weight is 211 g/mol. The van der Waals surface area contributed by atoms with Gasteiger partial charge in [0.1, 0.15) is 0 Å². The Morgan fingerprint density at radius 1 is 1.43 bits per heavy atom. The van der Waals surface area contributed by atoms with Gasteiger partial charge in [-0.25, -0.2) is 0 Å². The van der Waals surface area contributed by atoms with Crippen LogP contribution in [-0.2, 0) is 0 Å². The van der Waals surface area contributed by atoms with Crippen molar-refractivity contribution >= 4 is 17.4 Å². The predicted molar refractivity (Wildman–Crippen MR) is 56.8 cm³/mol. The Hall–Kier alpha value is -1.42. The summed E-state index contributed by atoms with van der Waals surface area (Å²) in [6.45, 7) is 0. The molecule has 0 aliphatic rings. The molecular formula is C9H11ClN4. The number of amidine groups is 1. The summed E-state index contributed by atoms with van der Waals surface area (Å²) >= 11 is 5.77. The van der Waals surface area contributed by atoms with E-state index < -0.39 is 0 Å². The zero-order valence-corrected chi connectivity index (χ0v) is 8.78. The molecule has 0 aliphatic carbocycles. The van der Waals surface area contributed by atoms with E-state index in [0.717, 1.165) is 0 Å². The Kier molecular flexibility index (Phi) is 3.59. The second kappa shape index (κ2) is 4.72. The summed E-state index contributed by atoms with van der Waals surface area (Å²) in [6.07, 6.45) is 0. The fourth-order valence-corrected chi connectivity index (χ4v) is 1.02. The lowest BCUT2D eigenvalue weighted by atomic mass is 10.2. The van der Waals surface area contributed by atoms with E-state index in [1.165, 1.54) is 5.01 Å². The average Bonchev–Trinajstić information content (AvgIpc) is 2.14. The molecule has 0 unspecified atom stereocenters. The first-order valence-corrected chi connectivity index (χ1v) is 4.41. The second-order valence-electron chi connectivity index (χ2n) is 2.90. The quantitative estimate of drug-likeness (QED) is 0.347. The molecule has 0 aromatic heterocycles. The molecule has 1 N–H and O–H groups in total. The first kappa shape index (κ1) is 10.7. The molecule has 0 aliphatic heterocycles. The van der Waals surface area contributed by atoms with Gasteiger partial charge in [-0.05, 0) is 12.1 Å². The topological polar surface area (TPSA) is 51.8 Å². The van der Waals surface area contributed by atoms with E-state index in [1.54, 1.807) is 38.4 Å². The Bertz CT molecular complexity index is 360. The minimum Gasteiger partial charge on any atom is -0.285 e. The summed E-state index contributed by atoms with van der Waals surface area (Å²) in [5.74, 6) is 0.0983. The van der Waals surface area contributed by atoms with E-state index in [9.17, 15) is 0 Å². The molecule has 0 radical (unpaired) electrons. The number of hydrogen-bond acceptors (Lipinski definition) is 2. The van der Waals surface area contributed by atoms with Crippen LogP contribution in [0.2, 0.25) is 5.02 Å². The van der Waals surface area contributed by atoms with Crippen molar-refractivity contribution in [2.45, 2.75) is 0 Å². The highest BCUT2D eigenvalue weighted by molar-refractivity contribution is 6.31. The fourth-order valence-electron chi connectivity index (χ4n) is 0.828. The van der Waals surface area contributed by atoms with Gasteiger partial charge in [-0.3, -0.25) is 10.4 Å². The SMILES string of the molecule is CN(C)/N=N\C(=N)c1cccc(Cl)c1. The number of rotatable bonds is 2. The van der Waals surface area contributed by atoms with Crippen molar-refractivity contribution in [1.29, 1.82) is 5.41 Å². The molecule has 0 heterocycles. The highest BCUT2D eigenvalue weighted by Gasteiger charge is 1.99. The van der Waals surface area contributed by atoms with E-state index in [1.807, 2.05) is 0 Å². The van der Waals surface area contributed by atoms with E-state index in [0.29, 0.717) is 10.6 Å². The van der Waals surface area contributed by atoms with Crippen molar-refractivity contribution in [3.8, 4) is 0 Å². The molecule has 0 atom stereocenters. The summed E-state index contributed by atoms with van der Waals surface area (Å²) in [4.78, 5) is 0. The molecule has 1 aromatic rings. The first-order chi connectivity index (χ1) is 6.59. The summed E-state index contributed by atoms with van der Waals surface area (Å²) in [5.41, 5.74) is 0.656. The van der Waals surface area contributed by atoms with Gasteiger partial charge < -0.3 is 0 Å². The molecule has 4 nitrogen and oxygen atoms in total. The Labute approximate surface area is 87.7 Å². The van der Waals surface area contributed by atoms with E-state index >= 15 is 0 Å². The molecule has 0 bridgehead atoms. The third kappa shape index (κ3) is 3.14. The normalized spacial score (nSPS) is 10.5. The van der Waals surface area contributed by atoms with Crippen LogP contribution in [0.4, 0.5) is 0 Å². The van der Waals surface area contributed by atoms with Gasteiger partial charge in [-0.2, -0.15) is 0 Å². The van der Waals surface area contributed by atoms with Crippen LogP contribution in [0, 0.1) is 5.41 Å². The highest BCUT2D eigenvalue weighted by atomic mass is 35.5. The van der Waals surface area contributed by atoms with Crippen LogP contribution in [-0.4, -0.2) is 24.9 Å². The summed E-state index contributed by atoms with van der Waals surface area (Å²) in [7, 11) is 3.49. The zero-order chi connectivity index (χ0) is 10.6. The van der Waals surface area contributed by atoms with Crippen LogP contribution in [0.15, 0.2) is 34.6 Å². The maximum Gasteiger partial charge on any atom is 0.176 e. The van der Waals surface area contributed by atoms with Crippen molar-refractivity contribution < 1.29 is 0 Å². The predicted octanol–water partition coefficient (Wildman–Crippen LogP) is 2.59. The van der Waals surface area contributed by atoms with Gasteiger partial charge in [0.25, 0.3) is 0 Å². The van der Waals surface area contributed by atoms with Crippen molar-refractivity contribution in [2.24, 2.45) is 10.3 Å². The van der Waals surface area contributed by atoms with E-state index in [2.05, 4.69) is 10.3 Å². The summed E-state index contributed by atoms with van der Waals surface area (Å²) in [5, 5.41) is 17.1. The molecule has 5 heteroatoms. The molecule has 0 saturated heterocycles. The lowest BCUT2D eigenvalue weighted by Gasteiger charge is -2.01. The smallest absolute Gasteiger partial charge is 0.176 e. The highest BCUT2D eigenvalue weighted by Crippen LogP contribution is 2.11. The Balaban J connectivity index is 2.80. The van der Waals surface area contributed by atoms with Gasteiger partial charge in [0.2, 0.25) is 0 Å². The fraction of sp³-hybridized carbons (Fsp3) is 0.222. The minimum absolute atomic E-state index is 0.0983. The van der Waals surface area contributed by atoms with Gasteiger partial charge in [0.05, 0.1) is 0 Å². The minimum atomic E-state index is 0.0983. The van der Waals surface area contributed by atoms with E-state index in [4.69, 9.17) is 17.0 Å². The number of nitrogens with one attached hydrogen (secondary N) is 1. The van der Waals surface area contributed by atoms with Gasteiger partial charge in [-0.1, -0.05) is 29.0 Å². The molecule has 1 rings (SSSR count). The van der Waals surface area contributed by atoms with Crippen LogP contribution >= 0.6 is 11.6 Å². The number of hydrogen-bond donors (Lipinski definition) is 1. The standard InChI is InChI=1S/C9H11ClN4/c1-14(2)13-12-9(11)7-4-3-5-8(10)6-7/h3-6,11H,1-2H3/b11-9?,13-12-. The largest absolute Gasteiger partial charge is 0.285 e. The lowest BCUT2D eigenvalue weighted by molar-refractivity contribution is 0.410. The van der Waals surface area contributed by atoms with E-state index in [-0.39, 0.29) is 5.84 Å². The second-order valence-corrected chi connectivity index (χ2v) is 3.33. The van der Waals surface area contributed by atoms with Gasteiger partial charge >= 0.3 is 0 Å². The van der Waals surface area contributed by atoms with Crippen molar-refractivity contribution in [3.63, 3.8) is 0 Å².